The number of aliphatic carboxylic acids is 1. The molecule has 2 atom stereocenters. The van der Waals surface area contributed by atoms with Crippen LogP contribution < -0.4 is 5.32 Å². The molecule has 0 aromatic heterocycles. The second-order valence-corrected chi connectivity index (χ2v) is 4.90. The van der Waals surface area contributed by atoms with E-state index in [4.69, 9.17) is 9.94 Å². The molecule has 0 saturated heterocycles. The van der Waals surface area contributed by atoms with Crippen molar-refractivity contribution in [3.8, 4) is 0 Å². The normalized spacial score (nSPS) is 30.2. The van der Waals surface area contributed by atoms with E-state index in [0.717, 1.165) is 6.42 Å². The Morgan fingerprint density at radius 1 is 1.56 bits per heavy atom. The van der Waals surface area contributed by atoms with E-state index in [1.165, 1.54) is 0 Å². The van der Waals surface area contributed by atoms with Crippen LogP contribution in [0.4, 0.5) is 0 Å². The van der Waals surface area contributed by atoms with Gasteiger partial charge in [0.05, 0.1) is 0 Å². The summed E-state index contributed by atoms with van der Waals surface area (Å²) in [5.41, 5.74) is 0.0419. The number of nitrogens with one attached hydrogen (secondary N) is 1. The molecule has 16 heavy (non-hydrogen) atoms. The van der Waals surface area contributed by atoms with Crippen LogP contribution in [0.25, 0.3) is 0 Å². The van der Waals surface area contributed by atoms with Gasteiger partial charge in [-0.2, -0.15) is 0 Å². The number of rotatable bonds is 3. The molecule has 0 spiro atoms. The van der Waals surface area contributed by atoms with Gasteiger partial charge in [0.25, 0.3) is 5.91 Å². The van der Waals surface area contributed by atoms with E-state index in [2.05, 4.69) is 24.3 Å². The highest BCUT2D eigenvalue weighted by Crippen LogP contribution is 2.44. The molecular weight excluding hydrogens is 212 g/mol. The first-order chi connectivity index (χ1) is 7.40. The topological polar surface area (TPSA) is 88.0 Å². The van der Waals surface area contributed by atoms with Crippen LogP contribution in [0.2, 0.25) is 0 Å². The first-order valence-electron chi connectivity index (χ1n) is 5.16. The molecule has 1 fully saturated rings. The number of amides is 1. The predicted molar refractivity (Wildman–Crippen MR) is 54.9 cm³/mol. The zero-order valence-electron chi connectivity index (χ0n) is 9.19. The number of hydrogen-bond acceptors (Lipinski definition) is 4. The number of oxime groups is 1. The lowest BCUT2D eigenvalue weighted by Gasteiger charge is -2.10. The van der Waals surface area contributed by atoms with Crippen LogP contribution in [0, 0.1) is 5.41 Å². The maximum atomic E-state index is 11.6. The van der Waals surface area contributed by atoms with E-state index in [9.17, 15) is 9.59 Å². The van der Waals surface area contributed by atoms with Crippen LogP contribution >= 0.6 is 0 Å². The van der Waals surface area contributed by atoms with Crippen molar-refractivity contribution >= 4 is 17.6 Å². The lowest BCUT2D eigenvalue weighted by molar-refractivity contribution is -0.131. The minimum atomic E-state index is -1.14. The standard InChI is InChI=1S/C10H14N2O4/c1-10(2)4-7(10)11-8(13)6-3-5(9(14)15)12-16-6/h6-7H,3-4H2,1-2H3,(H,11,13)(H,14,15). The largest absolute Gasteiger partial charge is 0.477 e. The first-order valence-corrected chi connectivity index (χ1v) is 5.16. The van der Waals surface area contributed by atoms with Crippen LogP contribution in [-0.4, -0.2) is 34.8 Å². The van der Waals surface area contributed by atoms with E-state index in [0.29, 0.717) is 0 Å². The van der Waals surface area contributed by atoms with Crippen molar-refractivity contribution in [1.29, 1.82) is 0 Å². The molecule has 1 heterocycles. The number of carboxylic acids is 1. The lowest BCUT2D eigenvalue weighted by Crippen LogP contribution is -2.37. The average Bonchev–Trinajstić information content (AvgIpc) is 2.68. The molecular formula is C10H14N2O4. The van der Waals surface area contributed by atoms with Crippen molar-refractivity contribution in [1.82, 2.24) is 5.32 Å². The molecule has 1 aliphatic carbocycles. The quantitative estimate of drug-likeness (QED) is 0.716. The summed E-state index contributed by atoms with van der Waals surface area (Å²) in [6, 6.07) is 0.164. The number of hydrogen-bond donors (Lipinski definition) is 2. The Morgan fingerprint density at radius 2 is 2.19 bits per heavy atom. The molecule has 1 amide bonds. The van der Waals surface area contributed by atoms with Gasteiger partial charge in [0.1, 0.15) is 0 Å². The summed E-state index contributed by atoms with van der Waals surface area (Å²) in [7, 11) is 0. The van der Waals surface area contributed by atoms with E-state index in [-0.39, 0.29) is 29.5 Å². The summed E-state index contributed by atoms with van der Waals surface area (Å²) >= 11 is 0. The monoisotopic (exact) mass is 226 g/mol. The summed E-state index contributed by atoms with van der Waals surface area (Å²) in [5.74, 6) is -1.42. The van der Waals surface area contributed by atoms with E-state index < -0.39 is 12.1 Å². The molecule has 6 nitrogen and oxygen atoms in total. The number of carbonyl (C=O) groups is 2. The maximum Gasteiger partial charge on any atom is 0.353 e. The van der Waals surface area contributed by atoms with Crippen LogP contribution in [0.5, 0.6) is 0 Å². The summed E-state index contributed by atoms with van der Waals surface area (Å²) in [6.07, 6.45) is 0.189. The molecule has 0 aromatic rings. The van der Waals surface area contributed by atoms with Gasteiger partial charge in [0.15, 0.2) is 5.71 Å². The summed E-state index contributed by atoms with van der Waals surface area (Å²) in [6.45, 7) is 4.12. The van der Waals surface area contributed by atoms with Crippen LogP contribution in [0.3, 0.4) is 0 Å². The molecule has 0 radical (unpaired) electrons. The molecule has 6 heteroatoms. The summed E-state index contributed by atoms with van der Waals surface area (Å²) < 4.78 is 0. The Kier molecular flexibility index (Phi) is 2.36. The minimum absolute atomic E-state index is 0.0360. The van der Waals surface area contributed by atoms with E-state index in [1.807, 2.05) is 0 Å². The molecule has 0 aromatic carbocycles. The fourth-order valence-electron chi connectivity index (χ4n) is 1.62. The smallest absolute Gasteiger partial charge is 0.353 e. The highest BCUT2D eigenvalue weighted by atomic mass is 16.6. The molecule has 88 valence electrons. The van der Waals surface area contributed by atoms with Crippen molar-refractivity contribution in [2.75, 3.05) is 0 Å². The van der Waals surface area contributed by atoms with Gasteiger partial charge in [0, 0.05) is 12.5 Å². The Labute approximate surface area is 92.6 Å². The van der Waals surface area contributed by atoms with Gasteiger partial charge in [-0.05, 0) is 11.8 Å². The fourth-order valence-corrected chi connectivity index (χ4v) is 1.62. The highest BCUT2D eigenvalue weighted by Gasteiger charge is 2.47. The second kappa shape index (κ2) is 3.47. The maximum absolute atomic E-state index is 11.6. The van der Waals surface area contributed by atoms with Gasteiger partial charge in [-0.15, -0.1) is 0 Å². The average molecular weight is 226 g/mol. The summed E-state index contributed by atoms with van der Waals surface area (Å²) in [4.78, 5) is 27.0. The lowest BCUT2D eigenvalue weighted by atomic mass is 10.1. The molecule has 1 aliphatic heterocycles. The van der Waals surface area contributed by atoms with Gasteiger partial charge in [-0.3, -0.25) is 4.79 Å². The zero-order valence-corrected chi connectivity index (χ0v) is 9.19. The van der Waals surface area contributed by atoms with Crippen molar-refractivity contribution < 1.29 is 19.5 Å². The van der Waals surface area contributed by atoms with Gasteiger partial charge in [0.2, 0.25) is 6.10 Å². The number of nitrogens with zero attached hydrogens (tertiary/aromatic N) is 1. The Bertz CT molecular complexity index is 375. The number of carboxylic acid groups (broad SMARTS) is 1. The molecule has 2 N–H and O–H groups in total. The van der Waals surface area contributed by atoms with Crippen molar-refractivity contribution in [3.63, 3.8) is 0 Å². The van der Waals surface area contributed by atoms with Crippen LogP contribution in [0.1, 0.15) is 26.7 Å². The third-order valence-electron chi connectivity index (χ3n) is 3.04. The Balaban J connectivity index is 1.83. The van der Waals surface area contributed by atoms with Crippen LogP contribution in [0.15, 0.2) is 5.16 Å². The highest BCUT2D eigenvalue weighted by molar-refractivity contribution is 6.36. The van der Waals surface area contributed by atoms with Gasteiger partial charge in [-0.25, -0.2) is 4.79 Å². The molecule has 2 aliphatic rings. The summed E-state index contributed by atoms with van der Waals surface area (Å²) in [5, 5.41) is 14.8. The molecule has 0 bridgehead atoms. The Morgan fingerprint density at radius 3 is 2.62 bits per heavy atom. The van der Waals surface area contributed by atoms with Crippen LogP contribution in [-0.2, 0) is 14.4 Å². The van der Waals surface area contributed by atoms with Crippen molar-refractivity contribution in [3.05, 3.63) is 0 Å². The molecule has 2 rings (SSSR count). The molecule has 1 saturated carbocycles. The van der Waals surface area contributed by atoms with Gasteiger partial charge >= 0.3 is 5.97 Å². The number of carbonyl (C=O) groups excluding carboxylic acids is 1. The predicted octanol–water partition coefficient (Wildman–Crippen LogP) is 0.131. The van der Waals surface area contributed by atoms with Gasteiger partial charge in [-0.1, -0.05) is 19.0 Å². The van der Waals surface area contributed by atoms with Gasteiger partial charge < -0.3 is 15.3 Å². The first kappa shape index (κ1) is 10.9. The second-order valence-electron chi connectivity index (χ2n) is 4.90. The third-order valence-corrected chi connectivity index (χ3v) is 3.04. The van der Waals surface area contributed by atoms with Crippen molar-refractivity contribution in [2.24, 2.45) is 10.6 Å². The molecule has 2 unspecified atom stereocenters. The van der Waals surface area contributed by atoms with E-state index in [1.54, 1.807) is 0 Å². The Hall–Kier alpha value is -1.59. The minimum Gasteiger partial charge on any atom is -0.477 e. The van der Waals surface area contributed by atoms with E-state index >= 15 is 0 Å². The fraction of sp³-hybridized carbons (Fsp3) is 0.700. The third kappa shape index (κ3) is 2.00. The zero-order chi connectivity index (χ0) is 11.9. The van der Waals surface area contributed by atoms with Crippen molar-refractivity contribution in [2.45, 2.75) is 38.8 Å². The SMILES string of the molecule is CC1(C)CC1NC(=O)C1CC(C(=O)O)=NO1.